The van der Waals surface area contributed by atoms with Crippen molar-refractivity contribution >= 4 is 39.5 Å². The zero-order valence-corrected chi connectivity index (χ0v) is 28.8. The quantitative estimate of drug-likeness (QED) is 0.269. The van der Waals surface area contributed by atoms with Crippen molar-refractivity contribution in [3.8, 4) is 11.1 Å². The number of nitrogens with one attached hydrogen (secondary N) is 3. The van der Waals surface area contributed by atoms with Gasteiger partial charge in [0.25, 0.3) is 5.91 Å². The van der Waals surface area contributed by atoms with Crippen LogP contribution >= 0.6 is 0 Å². The van der Waals surface area contributed by atoms with Crippen molar-refractivity contribution in [1.82, 2.24) is 20.3 Å². The predicted molar refractivity (Wildman–Crippen MR) is 176 cm³/mol. The van der Waals surface area contributed by atoms with Gasteiger partial charge in [0.05, 0.1) is 24.8 Å². The standard InChI is InChI=1S/C34H39F2N5O8S/c1-33(2,3)27(37-32(45)48-4)30(43)41-17-18(49-39-26-22-11-7-5-9-20(22)21-10-6-8-12-23(21)26)15-25(41)29(42)38-34(16-24(34)28(35)36)31(44)40-50(46,47)19-13-14-19/h5-12,18-19,24-25,27-28H,13-17H2,1-4H3,(H,37,45)(H,38,42)(H,40,44)/t18-,24+,25?,27-,34+/m1/s1. The van der Waals surface area contributed by atoms with E-state index in [1.165, 1.54) is 0 Å². The predicted octanol–water partition coefficient (Wildman–Crippen LogP) is 2.92. The Balaban J connectivity index is 1.29. The molecule has 2 aromatic carbocycles. The molecule has 0 bridgehead atoms. The molecule has 50 heavy (non-hydrogen) atoms. The molecule has 1 unspecified atom stereocenters. The van der Waals surface area contributed by atoms with Gasteiger partial charge in [-0.1, -0.05) is 74.5 Å². The number of ether oxygens (including phenoxy) is 1. The third-order valence-corrected chi connectivity index (χ3v) is 11.4. The molecule has 13 nitrogen and oxygen atoms in total. The molecule has 1 heterocycles. The first-order valence-corrected chi connectivity index (χ1v) is 17.9. The lowest BCUT2D eigenvalue weighted by atomic mass is 9.85. The summed E-state index contributed by atoms with van der Waals surface area (Å²) >= 11 is 0. The maximum Gasteiger partial charge on any atom is 0.407 e. The van der Waals surface area contributed by atoms with Crippen molar-refractivity contribution in [2.24, 2.45) is 16.5 Å². The Labute approximate surface area is 288 Å². The highest BCUT2D eigenvalue weighted by molar-refractivity contribution is 7.91. The molecular formula is C34H39F2N5O8S. The van der Waals surface area contributed by atoms with Crippen LogP contribution in [0.25, 0.3) is 11.1 Å². The Kier molecular flexibility index (Phi) is 9.12. The summed E-state index contributed by atoms with van der Waals surface area (Å²) in [6.07, 6.45) is -4.78. The first-order chi connectivity index (χ1) is 23.6. The van der Waals surface area contributed by atoms with Crippen LogP contribution in [0.1, 0.15) is 57.6 Å². The van der Waals surface area contributed by atoms with Crippen molar-refractivity contribution in [3.05, 3.63) is 59.7 Å². The number of hydrogen-bond acceptors (Lipinski definition) is 9. The zero-order chi connectivity index (χ0) is 36.2. The van der Waals surface area contributed by atoms with Gasteiger partial charge in [-0.25, -0.2) is 22.0 Å². The summed E-state index contributed by atoms with van der Waals surface area (Å²) in [5, 5.41) is 8.57. The molecule has 16 heteroatoms. The van der Waals surface area contributed by atoms with Gasteiger partial charge in [0.1, 0.15) is 29.4 Å². The third kappa shape index (κ3) is 6.64. The van der Waals surface area contributed by atoms with E-state index in [2.05, 4.69) is 15.8 Å². The zero-order valence-electron chi connectivity index (χ0n) is 27.9. The number of carbonyl (C=O) groups is 4. The van der Waals surface area contributed by atoms with Crippen LogP contribution in [0.2, 0.25) is 0 Å². The van der Waals surface area contributed by atoms with E-state index in [1.807, 2.05) is 53.3 Å². The molecule has 268 valence electrons. The number of hydrogen-bond donors (Lipinski definition) is 3. The van der Waals surface area contributed by atoms with Gasteiger partial charge in [-0.2, -0.15) is 0 Å². The minimum Gasteiger partial charge on any atom is -0.453 e. The van der Waals surface area contributed by atoms with Crippen LogP contribution in [-0.2, 0) is 34.0 Å². The molecule has 1 saturated heterocycles. The monoisotopic (exact) mass is 715 g/mol. The fraction of sp³-hybridized carbons (Fsp3) is 0.500. The average Bonchev–Trinajstić information content (AvgIpc) is 3.98. The minimum absolute atomic E-state index is 0.149. The fourth-order valence-electron chi connectivity index (χ4n) is 6.62. The number of alkyl halides is 2. The molecule has 4 aliphatic rings. The van der Waals surface area contributed by atoms with Crippen molar-refractivity contribution in [1.29, 1.82) is 0 Å². The smallest absolute Gasteiger partial charge is 0.407 e. The van der Waals surface area contributed by atoms with Crippen LogP contribution in [0.3, 0.4) is 0 Å². The Morgan fingerprint density at radius 2 is 1.56 bits per heavy atom. The molecule has 0 spiro atoms. The lowest BCUT2D eigenvalue weighted by molar-refractivity contribution is -0.143. The number of oxime groups is 1. The largest absolute Gasteiger partial charge is 0.453 e. The highest BCUT2D eigenvalue weighted by Crippen LogP contribution is 2.48. The Morgan fingerprint density at radius 1 is 0.980 bits per heavy atom. The number of fused-ring (bicyclic) bond motifs is 3. The fourth-order valence-corrected chi connectivity index (χ4v) is 7.98. The number of methoxy groups -OCH3 is 1. The molecule has 1 aliphatic heterocycles. The first-order valence-electron chi connectivity index (χ1n) is 16.3. The molecule has 5 atom stereocenters. The van der Waals surface area contributed by atoms with Crippen LogP contribution in [0.4, 0.5) is 13.6 Å². The maximum absolute atomic E-state index is 14.2. The van der Waals surface area contributed by atoms with Gasteiger partial charge in [-0.3, -0.25) is 19.1 Å². The Hall–Kier alpha value is -4.60. The van der Waals surface area contributed by atoms with Crippen LogP contribution in [0.5, 0.6) is 0 Å². The van der Waals surface area contributed by atoms with Crippen LogP contribution in [-0.4, -0.2) is 91.9 Å². The van der Waals surface area contributed by atoms with Gasteiger partial charge in [0.15, 0.2) is 0 Å². The molecule has 2 aromatic rings. The van der Waals surface area contributed by atoms with Crippen LogP contribution in [0.15, 0.2) is 53.7 Å². The van der Waals surface area contributed by atoms with E-state index in [1.54, 1.807) is 20.8 Å². The summed E-state index contributed by atoms with van der Waals surface area (Å²) in [7, 11) is -2.98. The second-order valence-corrected chi connectivity index (χ2v) is 16.2. The number of benzene rings is 2. The van der Waals surface area contributed by atoms with E-state index < -0.39 is 87.0 Å². The van der Waals surface area contributed by atoms with Crippen molar-refractivity contribution in [3.63, 3.8) is 0 Å². The second kappa shape index (κ2) is 12.9. The number of nitrogens with zero attached hydrogens (tertiary/aromatic N) is 2. The molecule has 3 aliphatic carbocycles. The van der Waals surface area contributed by atoms with E-state index in [9.17, 15) is 36.4 Å². The SMILES string of the molecule is COC(=O)N[C@H](C(=O)N1C[C@H](ON=C2c3ccccc3-c3ccccc32)CC1C(=O)N[C@@]1(C(=O)NS(=O)(=O)C2CC2)C[C@H]1C(F)F)C(C)(C)C. The van der Waals surface area contributed by atoms with Gasteiger partial charge in [-0.05, 0) is 35.8 Å². The van der Waals surface area contributed by atoms with Crippen LogP contribution in [0, 0.1) is 11.3 Å². The number of alkyl carbamates (subject to hydrolysis) is 1. The highest BCUT2D eigenvalue weighted by Gasteiger charge is 2.66. The third-order valence-electron chi connectivity index (χ3n) is 9.63. The van der Waals surface area contributed by atoms with Gasteiger partial charge in [0.2, 0.25) is 28.3 Å². The topological polar surface area (TPSA) is 173 Å². The van der Waals surface area contributed by atoms with E-state index >= 15 is 0 Å². The average molecular weight is 716 g/mol. The molecular weight excluding hydrogens is 676 g/mol. The van der Waals surface area contributed by atoms with E-state index in [0.29, 0.717) is 18.6 Å². The molecule has 4 amide bonds. The Morgan fingerprint density at radius 3 is 2.06 bits per heavy atom. The van der Waals surface area contributed by atoms with E-state index in [4.69, 9.17) is 9.57 Å². The lowest BCUT2D eigenvalue weighted by Gasteiger charge is -2.35. The van der Waals surface area contributed by atoms with Gasteiger partial charge < -0.3 is 25.1 Å². The second-order valence-electron chi connectivity index (χ2n) is 14.2. The molecule has 2 saturated carbocycles. The summed E-state index contributed by atoms with van der Waals surface area (Å²) in [4.78, 5) is 60.8. The van der Waals surface area contributed by atoms with E-state index in [-0.39, 0.29) is 13.0 Å². The summed E-state index contributed by atoms with van der Waals surface area (Å²) in [5.74, 6) is -4.54. The number of carbonyl (C=O) groups excluding carboxylic acids is 4. The minimum atomic E-state index is -4.11. The summed E-state index contributed by atoms with van der Waals surface area (Å²) in [6, 6.07) is 12.7. The van der Waals surface area contributed by atoms with Gasteiger partial charge >= 0.3 is 6.09 Å². The highest BCUT2D eigenvalue weighted by atomic mass is 32.2. The summed E-state index contributed by atoms with van der Waals surface area (Å²) in [5.41, 5.74) is 1.03. The molecule has 0 aromatic heterocycles. The van der Waals surface area contributed by atoms with Crippen molar-refractivity contribution in [2.75, 3.05) is 13.7 Å². The normalized spacial score (nSPS) is 24.5. The van der Waals surface area contributed by atoms with Crippen LogP contribution < -0.4 is 15.4 Å². The summed E-state index contributed by atoms with van der Waals surface area (Å²) in [6.45, 7) is 4.91. The molecule has 0 radical (unpaired) electrons. The summed E-state index contributed by atoms with van der Waals surface area (Å²) < 4.78 is 59.7. The molecule has 3 N–H and O–H groups in total. The number of likely N-dealkylation sites (tertiary alicyclic amines) is 1. The van der Waals surface area contributed by atoms with E-state index in [0.717, 1.165) is 34.3 Å². The molecule has 6 rings (SSSR count). The number of amides is 4. The van der Waals surface area contributed by atoms with Crippen molar-refractivity contribution in [2.45, 2.75) is 81.9 Å². The lowest BCUT2D eigenvalue weighted by Crippen LogP contribution is -2.60. The van der Waals surface area contributed by atoms with Gasteiger partial charge in [0, 0.05) is 17.5 Å². The number of sulfonamides is 1. The number of rotatable bonds is 10. The maximum atomic E-state index is 14.2. The Bertz CT molecular complexity index is 1810. The first kappa shape index (κ1) is 35.2. The van der Waals surface area contributed by atoms with Gasteiger partial charge in [-0.15, -0.1) is 0 Å². The number of halogens is 2. The molecule has 3 fully saturated rings. The van der Waals surface area contributed by atoms with Crippen molar-refractivity contribution < 1.29 is 46.0 Å².